The number of ether oxygens (including phenoxy) is 1. The maximum atomic E-state index is 10.9. The molecular weight excluding hydrogens is 158 g/mol. The molecule has 1 unspecified atom stereocenters. The topological polar surface area (TPSA) is 81.0 Å². The minimum atomic E-state index is -0.816. The van der Waals surface area contributed by atoms with Gasteiger partial charge in [0.2, 0.25) is 0 Å². The van der Waals surface area contributed by atoms with E-state index < -0.39 is 12.0 Å². The number of methoxy groups -OCH3 is 1. The third-order valence-corrected chi connectivity index (χ3v) is 1.47. The molecule has 0 saturated carbocycles. The number of carbonyl (C=O) groups is 1. The zero-order valence-electron chi connectivity index (χ0n) is 7.00. The predicted molar refractivity (Wildman–Crippen MR) is 42.3 cm³/mol. The first kappa shape index (κ1) is 8.73. The van der Waals surface area contributed by atoms with Gasteiger partial charge >= 0.3 is 5.97 Å². The van der Waals surface area contributed by atoms with Crippen LogP contribution >= 0.6 is 0 Å². The number of aryl methyl sites for hydroxylation is 1. The van der Waals surface area contributed by atoms with E-state index in [1.807, 2.05) is 6.92 Å². The summed E-state index contributed by atoms with van der Waals surface area (Å²) in [5, 5.41) is 0. The molecule has 0 amide bonds. The highest BCUT2D eigenvalue weighted by atomic mass is 16.5. The Bertz CT molecular complexity index is 282. The summed E-state index contributed by atoms with van der Waals surface area (Å²) in [6.07, 6.45) is 1.61. The molecule has 0 aromatic carbocycles. The van der Waals surface area contributed by atoms with Gasteiger partial charge < -0.3 is 15.5 Å². The number of imidazole rings is 1. The number of esters is 1. The molecule has 0 saturated heterocycles. The molecule has 1 aromatic rings. The van der Waals surface area contributed by atoms with Crippen LogP contribution in [-0.2, 0) is 9.53 Å². The molecule has 3 N–H and O–H groups in total. The Hall–Kier alpha value is -1.36. The minimum absolute atomic E-state index is 0.430. The summed E-state index contributed by atoms with van der Waals surface area (Å²) < 4.78 is 4.45. The van der Waals surface area contributed by atoms with Crippen LogP contribution in [-0.4, -0.2) is 23.0 Å². The fraction of sp³-hybridized carbons (Fsp3) is 0.429. The zero-order chi connectivity index (χ0) is 9.14. The van der Waals surface area contributed by atoms with E-state index in [0.29, 0.717) is 5.82 Å². The lowest BCUT2D eigenvalue weighted by Crippen LogP contribution is -2.23. The van der Waals surface area contributed by atoms with Crippen LogP contribution in [0.3, 0.4) is 0 Å². The van der Waals surface area contributed by atoms with Crippen molar-refractivity contribution in [2.24, 2.45) is 5.73 Å². The number of aromatic nitrogens is 2. The Morgan fingerprint density at radius 3 is 2.92 bits per heavy atom. The smallest absolute Gasteiger partial charge is 0.330 e. The fourth-order valence-electron chi connectivity index (χ4n) is 0.830. The lowest BCUT2D eigenvalue weighted by Gasteiger charge is -2.04. The third kappa shape index (κ3) is 1.62. The van der Waals surface area contributed by atoms with Crippen LogP contribution < -0.4 is 5.73 Å². The van der Waals surface area contributed by atoms with Crippen molar-refractivity contribution in [2.45, 2.75) is 13.0 Å². The monoisotopic (exact) mass is 169 g/mol. The highest BCUT2D eigenvalue weighted by Gasteiger charge is 2.18. The SMILES string of the molecule is COC(=O)C(N)c1ncc(C)[nH]1. The summed E-state index contributed by atoms with van der Waals surface area (Å²) in [5.74, 6) is -0.0660. The van der Waals surface area contributed by atoms with E-state index >= 15 is 0 Å². The molecule has 1 rings (SSSR count). The molecule has 5 heteroatoms. The maximum absolute atomic E-state index is 10.9. The first-order chi connectivity index (χ1) is 5.65. The number of H-pyrrole nitrogens is 1. The summed E-state index contributed by atoms with van der Waals surface area (Å²) in [7, 11) is 1.29. The predicted octanol–water partition coefficient (Wildman–Crippen LogP) is -0.109. The first-order valence-corrected chi connectivity index (χ1v) is 3.50. The van der Waals surface area contributed by atoms with Gasteiger partial charge in [0.1, 0.15) is 5.82 Å². The number of nitrogens with zero attached hydrogens (tertiary/aromatic N) is 1. The third-order valence-electron chi connectivity index (χ3n) is 1.47. The largest absolute Gasteiger partial charge is 0.468 e. The molecule has 66 valence electrons. The van der Waals surface area contributed by atoms with E-state index in [1.54, 1.807) is 6.20 Å². The zero-order valence-corrected chi connectivity index (χ0v) is 7.00. The number of aromatic amines is 1. The molecule has 1 aromatic heterocycles. The van der Waals surface area contributed by atoms with E-state index in [2.05, 4.69) is 14.7 Å². The highest BCUT2D eigenvalue weighted by molar-refractivity contribution is 5.76. The summed E-state index contributed by atoms with van der Waals surface area (Å²) in [6, 6.07) is -0.816. The number of carbonyl (C=O) groups excluding carboxylic acids is 1. The van der Waals surface area contributed by atoms with Crippen LogP contribution in [0.5, 0.6) is 0 Å². The van der Waals surface area contributed by atoms with Crippen LogP contribution in [0.25, 0.3) is 0 Å². The number of rotatable bonds is 2. The van der Waals surface area contributed by atoms with Crippen molar-refractivity contribution in [3.05, 3.63) is 17.7 Å². The van der Waals surface area contributed by atoms with Crippen LogP contribution in [0, 0.1) is 6.92 Å². The molecule has 1 atom stereocenters. The van der Waals surface area contributed by atoms with Gasteiger partial charge in [0, 0.05) is 11.9 Å². The van der Waals surface area contributed by atoms with Crippen molar-refractivity contribution >= 4 is 5.97 Å². The van der Waals surface area contributed by atoms with Gasteiger partial charge in [0.15, 0.2) is 6.04 Å². The molecule has 0 radical (unpaired) electrons. The van der Waals surface area contributed by atoms with E-state index in [9.17, 15) is 4.79 Å². The van der Waals surface area contributed by atoms with E-state index in [4.69, 9.17) is 5.73 Å². The average Bonchev–Trinajstić information content (AvgIpc) is 2.49. The molecule has 5 nitrogen and oxygen atoms in total. The molecule has 0 aliphatic rings. The van der Waals surface area contributed by atoms with Crippen LogP contribution in [0.4, 0.5) is 0 Å². The van der Waals surface area contributed by atoms with Crippen molar-refractivity contribution in [1.82, 2.24) is 9.97 Å². The van der Waals surface area contributed by atoms with Gasteiger partial charge in [-0.2, -0.15) is 0 Å². The summed E-state index contributed by atoms with van der Waals surface area (Å²) in [5.41, 5.74) is 6.36. The Balaban J connectivity index is 2.77. The van der Waals surface area contributed by atoms with Gasteiger partial charge in [-0.1, -0.05) is 0 Å². The van der Waals surface area contributed by atoms with Gasteiger partial charge in [0.25, 0.3) is 0 Å². The molecule has 0 spiro atoms. The highest BCUT2D eigenvalue weighted by Crippen LogP contribution is 2.06. The second kappa shape index (κ2) is 3.36. The molecular formula is C7H11N3O2. The Morgan fingerprint density at radius 1 is 1.83 bits per heavy atom. The molecule has 0 bridgehead atoms. The van der Waals surface area contributed by atoms with Crippen LogP contribution in [0.1, 0.15) is 17.6 Å². The number of hydrogen-bond donors (Lipinski definition) is 2. The standard InChI is InChI=1S/C7H11N3O2/c1-4-3-9-6(10-4)5(8)7(11)12-2/h3,5H,8H2,1-2H3,(H,9,10). The Morgan fingerprint density at radius 2 is 2.50 bits per heavy atom. The maximum Gasteiger partial charge on any atom is 0.330 e. The van der Waals surface area contributed by atoms with Crippen molar-refractivity contribution < 1.29 is 9.53 Å². The van der Waals surface area contributed by atoms with Gasteiger partial charge in [-0.05, 0) is 6.92 Å². The van der Waals surface area contributed by atoms with Gasteiger partial charge in [-0.15, -0.1) is 0 Å². The summed E-state index contributed by atoms with van der Waals surface area (Å²) >= 11 is 0. The average molecular weight is 169 g/mol. The quantitative estimate of drug-likeness (QED) is 0.605. The van der Waals surface area contributed by atoms with E-state index in [0.717, 1.165) is 5.69 Å². The Kier molecular flexibility index (Phi) is 2.44. The first-order valence-electron chi connectivity index (χ1n) is 3.50. The Labute approximate surface area is 69.9 Å². The molecule has 12 heavy (non-hydrogen) atoms. The van der Waals surface area contributed by atoms with E-state index in [-0.39, 0.29) is 0 Å². The van der Waals surface area contributed by atoms with Gasteiger partial charge in [-0.3, -0.25) is 0 Å². The normalized spacial score (nSPS) is 12.6. The number of nitrogens with two attached hydrogens (primary N) is 1. The fourth-order valence-corrected chi connectivity index (χ4v) is 0.830. The van der Waals surface area contributed by atoms with Crippen LogP contribution in [0.2, 0.25) is 0 Å². The molecule has 0 fully saturated rings. The summed E-state index contributed by atoms with van der Waals surface area (Å²) in [4.78, 5) is 17.7. The summed E-state index contributed by atoms with van der Waals surface area (Å²) in [6.45, 7) is 1.83. The number of nitrogens with one attached hydrogen (secondary N) is 1. The number of hydrogen-bond acceptors (Lipinski definition) is 4. The second-order valence-electron chi connectivity index (χ2n) is 2.45. The van der Waals surface area contributed by atoms with Crippen molar-refractivity contribution in [2.75, 3.05) is 7.11 Å². The lowest BCUT2D eigenvalue weighted by molar-refractivity contribution is -0.142. The van der Waals surface area contributed by atoms with Crippen molar-refractivity contribution in [3.63, 3.8) is 0 Å². The van der Waals surface area contributed by atoms with Gasteiger partial charge in [-0.25, -0.2) is 9.78 Å². The second-order valence-corrected chi connectivity index (χ2v) is 2.45. The minimum Gasteiger partial charge on any atom is -0.468 e. The molecule has 0 aliphatic carbocycles. The van der Waals surface area contributed by atoms with Crippen molar-refractivity contribution in [1.29, 1.82) is 0 Å². The van der Waals surface area contributed by atoms with Crippen molar-refractivity contribution in [3.8, 4) is 0 Å². The van der Waals surface area contributed by atoms with E-state index in [1.165, 1.54) is 7.11 Å². The molecule has 1 heterocycles. The lowest BCUT2D eigenvalue weighted by atomic mass is 10.3. The van der Waals surface area contributed by atoms with Crippen LogP contribution in [0.15, 0.2) is 6.20 Å². The van der Waals surface area contributed by atoms with Gasteiger partial charge in [0.05, 0.1) is 7.11 Å². The molecule has 0 aliphatic heterocycles.